The predicted molar refractivity (Wildman–Crippen MR) is 79.8 cm³/mol. The standard InChI is InChI=1S/C15H14N4O2/c1-11-4-2-3-5-13(11)18-14(20)15(21)19-17-10-12-6-8-16-9-7-12/h2-10H,1H3,(H,18,20)(H,19,21). The quantitative estimate of drug-likeness (QED) is 0.508. The van der Waals surface area contributed by atoms with Crippen molar-refractivity contribution < 1.29 is 9.59 Å². The highest BCUT2D eigenvalue weighted by Gasteiger charge is 2.13. The summed E-state index contributed by atoms with van der Waals surface area (Å²) in [7, 11) is 0. The predicted octanol–water partition coefficient (Wildman–Crippen LogP) is 1.48. The van der Waals surface area contributed by atoms with E-state index in [1.807, 2.05) is 19.1 Å². The second-order valence-corrected chi connectivity index (χ2v) is 4.25. The van der Waals surface area contributed by atoms with Gasteiger partial charge in [-0.25, -0.2) is 5.43 Å². The number of para-hydroxylation sites is 1. The lowest BCUT2D eigenvalue weighted by atomic mass is 10.2. The Morgan fingerprint density at radius 2 is 1.81 bits per heavy atom. The summed E-state index contributed by atoms with van der Waals surface area (Å²) in [6.45, 7) is 1.84. The number of aryl methyl sites for hydroxylation is 1. The van der Waals surface area contributed by atoms with Gasteiger partial charge in [0.15, 0.2) is 0 Å². The molecule has 0 aliphatic heterocycles. The first-order valence-electron chi connectivity index (χ1n) is 6.27. The van der Waals surface area contributed by atoms with E-state index in [2.05, 4.69) is 20.8 Å². The number of pyridine rings is 1. The van der Waals surface area contributed by atoms with E-state index >= 15 is 0 Å². The molecule has 1 aromatic carbocycles. The van der Waals surface area contributed by atoms with Gasteiger partial charge < -0.3 is 5.32 Å². The van der Waals surface area contributed by atoms with Gasteiger partial charge in [-0.2, -0.15) is 5.10 Å². The third kappa shape index (κ3) is 4.24. The fraction of sp³-hybridized carbons (Fsp3) is 0.0667. The summed E-state index contributed by atoms with van der Waals surface area (Å²) in [6, 6.07) is 10.6. The molecule has 106 valence electrons. The summed E-state index contributed by atoms with van der Waals surface area (Å²) in [4.78, 5) is 27.2. The Labute approximate surface area is 121 Å². The fourth-order valence-electron chi connectivity index (χ4n) is 1.56. The first-order chi connectivity index (χ1) is 10.2. The van der Waals surface area contributed by atoms with Crippen LogP contribution in [0.15, 0.2) is 53.9 Å². The Bertz CT molecular complexity index is 668. The summed E-state index contributed by atoms with van der Waals surface area (Å²) in [5.41, 5.74) is 4.40. The molecule has 6 heteroatoms. The molecule has 0 fully saturated rings. The molecule has 2 N–H and O–H groups in total. The Hall–Kier alpha value is -3.02. The van der Waals surface area contributed by atoms with Crippen LogP contribution in [0.2, 0.25) is 0 Å². The number of amides is 2. The lowest BCUT2D eigenvalue weighted by Gasteiger charge is -2.06. The molecule has 0 unspecified atom stereocenters. The molecule has 6 nitrogen and oxygen atoms in total. The van der Waals surface area contributed by atoms with Crippen molar-refractivity contribution in [2.45, 2.75) is 6.92 Å². The monoisotopic (exact) mass is 282 g/mol. The summed E-state index contributed by atoms with van der Waals surface area (Å²) >= 11 is 0. The molecule has 2 amide bonds. The molecule has 21 heavy (non-hydrogen) atoms. The largest absolute Gasteiger partial charge is 0.329 e. The number of hydrogen-bond acceptors (Lipinski definition) is 4. The lowest BCUT2D eigenvalue weighted by Crippen LogP contribution is -2.32. The molecular weight excluding hydrogens is 268 g/mol. The molecule has 0 aliphatic carbocycles. The number of anilines is 1. The Balaban J connectivity index is 1.90. The van der Waals surface area contributed by atoms with Gasteiger partial charge in [-0.15, -0.1) is 0 Å². The first-order valence-corrected chi connectivity index (χ1v) is 6.27. The average Bonchev–Trinajstić information content (AvgIpc) is 2.50. The van der Waals surface area contributed by atoms with E-state index in [-0.39, 0.29) is 0 Å². The van der Waals surface area contributed by atoms with Gasteiger partial charge in [-0.1, -0.05) is 18.2 Å². The van der Waals surface area contributed by atoms with Crippen LogP contribution in [0.1, 0.15) is 11.1 Å². The highest BCUT2D eigenvalue weighted by molar-refractivity contribution is 6.39. The summed E-state index contributed by atoms with van der Waals surface area (Å²) < 4.78 is 0. The van der Waals surface area contributed by atoms with E-state index in [1.165, 1.54) is 6.21 Å². The van der Waals surface area contributed by atoms with Crippen molar-refractivity contribution in [3.05, 3.63) is 59.9 Å². The molecule has 0 bridgehead atoms. The average molecular weight is 282 g/mol. The van der Waals surface area contributed by atoms with Crippen LogP contribution in [0.5, 0.6) is 0 Å². The molecule has 1 aromatic heterocycles. The summed E-state index contributed by atoms with van der Waals surface area (Å²) in [6.07, 6.45) is 4.64. The number of carbonyl (C=O) groups is 2. The highest BCUT2D eigenvalue weighted by atomic mass is 16.2. The van der Waals surface area contributed by atoms with Crippen LogP contribution in [0.3, 0.4) is 0 Å². The minimum Gasteiger partial charge on any atom is -0.317 e. The SMILES string of the molecule is Cc1ccccc1NC(=O)C(=O)NN=Cc1ccncc1. The van der Waals surface area contributed by atoms with E-state index in [0.717, 1.165) is 11.1 Å². The zero-order valence-corrected chi connectivity index (χ0v) is 11.4. The van der Waals surface area contributed by atoms with Gasteiger partial charge in [0, 0.05) is 18.1 Å². The van der Waals surface area contributed by atoms with Crippen molar-refractivity contribution in [3.63, 3.8) is 0 Å². The van der Waals surface area contributed by atoms with Crippen molar-refractivity contribution in [1.29, 1.82) is 0 Å². The Morgan fingerprint density at radius 1 is 1.10 bits per heavy atom. The van der Waals surface area contributed by atoms with Crippen LogP contribution in [0.4, 0.5) is 5.69 Å². The van der Waals surface area contributed by atoms with E-state index in [0.29, 0.717) is 5.69 Å². The van der Waals surface area contributed by atoms with Gasteiger partial charge in [-0.3, -0.25) is 14.6 Å². The van der Waals surface area contributed by atoms with Gasteiger partial charge in [0.05, 0.1) is 6.21 Å². The summed E-state index contributed by atoms with van der Waals surface area (Å²) in [5, 5.41) is 6.24. The zero-order valence-electron chi connectivity index (χ0n) is 11.4. The first kappa shape index (κ1) is 14.4. The number of rotatable bonds is 3. The lowest BCUT2D eigenvalue weighted by molar-refractivity contribution is -0.136. The molecule has 0 saturated heterocycles. The maximum absolute atomic E-state index is 11.7. The van der Waals surface area contributed by atoms with Crippen molar-refractivity contribution in [1.82, 2.24) is 10.4 Å². The normalized spacial score (nSPS) is 10.3. The summed E-state index contributed by atoms with van der Waals surface area (Å²) in [5.74, 6) is -1.60. The van der Waals surface area contributed by atoms with E-state index in [9.17, 15) is 9.59 Å². The molecule has 0 aliphatic rings. The molecule has 0 saturated carbocycles. The molecule has 2 aromatic rings. The van der Waals surface area contributed by atoms with E-state index < -0.39 is 11.8 Å². The molecule has 2 rings (SSSR count). The van der Waals surface area contributed by atoms with Gasteiger partial charge in [0.1, 0.15) is 0 Å². The van der Waals surface area contributed by atoms with Crippen molar-refractivity contribution in [3.8, 4) is 0 Å². The van der Waals surface area contributed by atoms with Crippen LogP contribution in [-0.2, 0) is 9.59 Å². The van der Waals surface area contributed by atoms with Crippen molar-refractivity contribution >= 4 is 23.7 Å². The number of aromatic nitrogens is 1. The van der Waals surface area contributed by atoms with Crippen LogP contribution >= 0.6 is 0 Å². The van der Waals surface area contributed by atoms with Crippen molar-refractivity contribution in [2.24, 2.45) is 5.10 Å². The maximum atomic E-state index is 11.7. The minimum atomic E-state index is -0.830. The van der Waals surface area contributed by atoms with Crippen LogP contribution in [0, 0.1) is 6.92 Å². The van der Waals surface area contributed by atoms with Crippen LogP contribution in [-0.4, -0.2) is 23.0 Å². The van der Waals surface area contributed by atoms with Crippen LogP contribution < -0.4 is 10.7 Å². The molecule has 0 atom stereocenters. The third-order valence-corrected chi connectivity index (χ3v) is 2.69. The fourth-order valence-corrected chi connectivity index (χ4v) is 1.56. The second kappa shape index (κ2) is 6.95. The number of hydrazone groups is 1. The molecule has 0 spiro atoms. The van der Waals surface area contributed by atoms with E-state index in [4.69, 9.17) is 0 Å². The van der Waals surface area contributed by atoms with Gasteiger partial charge in [0.2, 0.25) is 0 Å². The Morgan fingerprint density at radius 3 is 2.52 bits per heavy atom. The highest BCUT2D eigenvalue weighted by Crippen LogP contribution is 2.12. The zero-order chi connectivity index (χ0) is 15.1. The molecule has 1 heterocycles. The minimum absolute atomic E-state index is 0.593. The van der Waals surface area contributed by atoms with Gasteiger partial charge >= 0.3 is 11.8 Å². The van der Waals surface area contributed by atoms with Gasteiger partial charge in [0.25, 0.3) is 0 Å². The number of hydrogen-bond donors (Lipinski definition) is 2. The maximum Gasteiger partial charge on any atom is 0.329 e. The van der Waals surface area contributed by atoms with Crippen LogP contribution in [0.25, 0.3) is 0 Å². The number of nitrogens with zero attached hydrogens (tertiary/aromatic N) is 2. The Kier molecular flexibility index (Phi) is 4.76. The third-order valence-electron chi connectivity index (χ3n) is 2.69. The number of carbonyl (C=O) groups excluding carboxylic acids is 2. The number of nitrogens with one attached hydrogen (secondary N) is 2. The van der Waals surface area contributed by atoms with E-state index in [1.54, 1.807) is 36.7 Å². The second-order valence-electron chi connectivity index (χ2n) is 4.25. The van der Waals surface area contributed by atoms with Crippen molar-refractivity contribution in [2.75, 3.05) is 5.32 Å². The van der Waals surface area contributed by atoms with Gasteiger partial charge in [-0.05, 0) is 36.2 Å². The smallest absolute Gasteiger partial charge is 0.317 e. The topological polar surface area (TPSA) is 83.5 Å². The molecular formula is C15H14N4O2. The molecule has 0 radical (unpaired) electrons. The number of benzene rings is 1.